The molecule has 0 unspecified atom stereocenters. The van der Waals surface area contributed by atoms with Gasteiger partial charge < -0.3 is 0 Å². The van der Waals surface area contributed by atoms with Crippen LogP contribution in [0.5, 0.6) is 0 Å². The molecule has 0 spiro atoms. The van der Waals surface area contributed by atoms with E-state index in [9.17, 15) is 4.79 Å². The average molecular weight is 384 g/mol. The second kappa shape index (κ2) is 7.18. The number of pyridine rings is 1. The van der Waals surface area contributed by atoms with Gasteiger partial charge in [-0.3, -0.25) is 9.36 Å². The molecule has 0 bridgehead atoms. The van der Waals surface area contributed by atoms with Crippen LogP contribution < -0.4 is 5.43 Å². The number of carbonyl (C=O) groups is 1. The van der Waals surface area contributed by atoms with Crippen molar-refractivity contribution in [2.45, 2.75) is 6.92 Å². The van der Waals surface area contributed by atoms with Gasteiger partial charge in [0.15, 0.2) is 0 Å². The Morgan fingerprint density at radius 2 is 2.04 bits per heavy atom. The van der Waals surface area contributed by atoms with Crippen molar-refractivity contribution in [3.8, 4) is 5.82 Å². The van der Waals surface area contributed by atoms with Gasteiger partial charge in [-0.15, -0.1) is 0 Å². The molecule has 3 rings (SSSR count). The number of aromatic nitrogens is 3. The molecule has 0 fully saturated rings. The molecule has 7 heteroatoms. The molecule has 0 aliphatic rings. The fourth-order valence-corrected chi connectivity index (χ4v) is 2.27. The van der Waals surface area contributed by atoms with Gasteiger partial charge in [0, 0.05) is 16.4 Å². The van der Waals surface area contributed by atoms with Crippen LogP contribution in [0.25, 0.3) is 5.82 Å². The molecule has 1 aromatic carbocycles. The third-order valence-electron chi connectivity index (χ3n) is 3.20. The van der Waals surface area contributed by atoms with Gasteiger partial charge in [-0.2, -0.15) is 5.10 Å². The van der Waals surface area contributed by atoms with Crippen LogP contribution in [0.15, 0.2) is 64.6 Å². The highest BCUT2D eigenvalue weighted by Gasteiger charge is 2.09. The number of carbonyl (C=O) groups excluding carboxylic acids is 1. The molecule has 0 saturated carbocycles. The summed E-state index contributed by atoms with van der Waals surface area (Å²) >= 11 is 3.36. The summed E-state index contributed by atoms with van der Waals surface area (Å²) in [7, 11) is 0. The standard InChI is InChI=1S/C17H14BrN5O/c1-12-3-2-4-16(21-12)23-10-15(19-11-23)17(24)22-20-9-13-5-7-14(18)8-6-13/h2-11H,1H3,(H,22,24)/b20-9-. The second-order valence-electron chi connectivity index (χ2n) is 5.05. The first-order valence-electron chi connectivity index (χ1n) is 7.19. The number of nitrogens with one attached hydrogen (secondary N) is 1. The topological polar surface area (TPSA) is 72.2 Å². The summed E-state index contributed by atoms with van der Waals surface area (Å²) in [6, 6.07) is 13.2. The van der Waals surface area contributed by atoms with Crippen molar-refractivity contribution < 1.29 is 4.79 Å². The molecule has 0 radical (unpaired) electrons. The van der Waals surface area contributed by atoms with Crippen LogP contribution in [-0.4, -0.2) is 26.7 Å². The first-order valence-corrected chi connectivity index (χ1v) is 7.98. The monoisotopic (exact) mass is 383 g/mol. The molecular formula is C17H14BrN5O. The summed E-state index contributed by atoms with van der Waals surface area (Å²) < 4.78 is 2.68. The predicted octanol–water partition coefficient (Wildman–Crippen LogP) is 3.10. The summed E-state index contributed by atoms with van der Waals surface area (Å²) in [5.74, 6) is 0.328. The number of amides is 1. The van der Waals surface area contributed by atoms with E-state index in [-0.39, 0.29) is 11.6 Å². The van der Waals surface area contributed by atoms with Gasteiger partial charge in [0.25, 0.3) is 5.91 Å². The molecule has 0 saturated heterocycles. The van der Waals surface area contributed by atoms with Gasteiger partial charge in [0.1, 0.15) is 17.8 Å². The minimum Gasteiger partial charge on any atom is -0.290 e. The summed E-state index contributed by atoms with van der Waals surface area (Å²) in [6.45, 7) is 1.91. The zero-order valence-electron chi connectivity index (χ0n) is 12.8. The zero-order valence-corrected chi connectivity index (χ0v) is 14.4. The van der Waals surface area contributed by atoms with Gasteiger partial charge in [-0.1, -0.05) is 34.1 Å². The number of nitrogens with zero attached hydrogens (tertiary/aromatic N) is 4. The van der Waals surface area contributed by atoms with Crippen LogP contribution >= 0.6 is 15.9 Å². The van der Waals surface area contributed by atoms with Crippen LogP contribution in [-0.2, 0) is 0 Å². The number of imidazole rings is 1. The van der Waals surface area contributed by atoms with Gasteiger partial charge in [0.2, 0.25) is 0 Å². The van der Waals surface area contributed by atoms with Gasteiger partial charge in [-0.25, -0.2) is 15.4 Å². The van der Waals surface area contributed by atoms with E-state index < -0.39 is 0 Å². The molecule has 1 N–H and O–H groups in total. The number of hydrogen-bond donors (Lipinski definition) is 1. The smallest absolute Gasteiger partial charge is 0.290 e. The quantitative estimate of drug-likeness (QED) is 0.555. The van der Waals surface area contributed by atoms with Crippen molar-refractivity contribution in [3.05, 3.63) is 76.4 Å². The van der Waals surface area contributed by atoms with E-state index in [1.54, 1.807) is 23.3 Å². The molecule has 2 aromatic heterocycles. The van der Waals surface area contributed by atoms with Crippen molar-refractivity contribution in [1.29, 1.82) is 0 Å². The molecule has 0 atom stereocenters. The Balaban J connectivity index is 1.66. The maximum Gasteiger partial charge on any atom is 0.291 e. The summed E-state index contributed by atoms with van der Waals surface area (Å²) in [6.07, 6.45) is 4.74. The number of benzene rings is 1. The van der Waals surface area contributed by atoms with Crippen molar-refractivity contribution in [3.63, 3.8) is 0 Å². The van der Waals surface area contributed by atoms with Crippen LogP contribution in [0.4, 0.5) is 0 Å². The van der Waals surface area contributed by atoms with Crippen LogP contribution in [0.2, 0.25) is 0 Å². The average Bonchev–Trinajstić information content (AvgIpc) is 3.07. The number of hydrazone groups is 1. The lowest BCUT2D eigenvalue weighted by Gasteiger charge is -2.01. The van der Waals surface area contributed by atoms with Crippen molar-refractivity contribution in [2.75, 3.05) is 0 Å². The zero-order chi connectivity index (χ0) is 16.9. The van der Waals surface area contributed by atoms with E-state index in [1.807, 2.05) is 49.4 Å². The summed E-state index contributed by atoms with van der Waals surface area (Å²) in [5.41, 5.74) is 4.51. The number of hydrogen-bond acceptors (Lipinski definition) is 4. The molecule has 1 amide bonds. The van der Waals surface area contributed by atoms with E-state index in [0.29, 0.717) is 5.82 Å². The molecule has 24 heavy (non-hydrogen) atoms. The summed E-state index contributed by atoms with van der Waals surface area (Å²) in [4.78, 5) is 20.5. The normalized spacial score (nSPS) is 10.9. The number of halogens is 1. The molecule has 0 aliphatic carbocycles. The lowest BCUT2D eigenvalue weighted by atomic mass is 10.2. The molecule has 6 nitrogen and oxygen atoms in total. The second-order valence-corrected chi connectivity index (χ2v) is 5.97. The van der Waals surface area contributed by atoms with E-state index in [1.165, 1.54) is 0 Å². The highest BCUT2D eigenvalue weighted by Crippen LogP contribution is 2.09. The molecule has 120 valence electrons. The third kappa shape index (κ3) is 3.94. The predicted molar refractivity (Wildman–Crippen MR) is 95.3 cm³/mol. The lowest BCUT2D eigenvalue weighted by molar-refractivity contribution is 0.0950. The fourth-order valence-electron chi connectivity index (χ4n) is 2.01. The number of aryl methyl sites for hydroxylation is 1. The minimum atomic E-state index is -0.380. The van der Waals surface area contributed by atoms with Gasteiger partial charge in [-0.05, 0) is 36.8 Å². The fraction of sp³-hybridized carbons (Fsp3) is 0.0588. The maximum absolute atomic E-state index is 12.1. The van der Waals surface area contributed by atoms with Crippen molar-refractivity contribution in [2.24, 2.45) is 5.10 Å². The number of rotatable bonds is 4. The maximum atomic E-state index is 12.1. The molecule has 0 aliphatic heterocycles. The van der Waals surface area contributed by atoms with E-state index in [2.05, 4.69) is 36.4 Å². The van der Waals surface area contributed by atoms with Crippen molar-refractivity contribution in [1.82, 2.24) is 20.0 Å². The Morgan fingerprint density at radius 3 is 2.79 bits per heavy atom. The largest absolute Gasteiger partial charge is 0.291 e. The first kappa shape index (κ1) is 16.1. The highest BCUT2D eigenvalue weighted by molar-refractivity contribution is 9.10. The highest BCUT2D eigenvalue weighted by atomic mass is 79.9. The molecule has 3 aromatic rings. The first-order chi connectivity index (χ1) is 11.6. The SMILES string of the molecule is Cc1cccc(-n2cnc(C(=O)N/N=C\c3ccc(Br)cc3)c2)n1. The van der Waals surface area contributed by atoms with Gasteiger partial charge >= 0.3 is 0 Å². The van der Waals surface area contributed by atoms with Crippen LogP contribution in [0, 0.1) is 6.92 Å². The Morgan fingerprint density at radius 1 is 1.25 bits per heavy atom. The van der Waals surface area contributed by atoms with Gasteiger partial charge in [0.05, 0.1) is 6.21 Å². The van der Waals surface area contributed by atoms with Crippen LogP contribution in [0.1, 0.15) is 21.7 Å². The summed E-state index contributed by atoms with van der Waals surface area (Å²) in [5, 5.41) is 3.94. The Kier molecular flexibility index (Phi) is 4.81. The Hall–Kier alpha value is -2.80. The van der Waals surface area contributed by atoms with Crippen molar-refractivity contribution >= 4 is 28.1 Å². The van der Waals surface area contributed by atoms with E-state index in [4.69, 9.17) is 0 Å². The Bertz CT molecular complexity index is 886. The van der Waals surface area contributed by atoms with Crippen LogP contribution in [0.3, 0.4) is 0 Å². The van der Waals surface area contributed by atoms with E-state index in [0.717, 1.165) is 15.7 Å². The minimum absolute atomic E-state index is 0.270. The molecular weight excluding hydrogens is 370 g/mol. The Labute approximate surface area is 147 Å². The lowest BCUT2D eigenvalue weighted by Crippen LogP contribution is -2.18. The third-order valence-corrected chi connectivity index (χ3v) is 3.73. The van der Waals surface area contributed by atoms with E-state index >= 15 is 0 Å². The molecule has 2 heterocycles.